The fourth-order valence-electron chi connectivity index (χ4n) is 2.97. The number of aromatic nitrogens is 1. The number of anilines is 1. The molecule has 7 heteroatoms. The van der Waals surface area contributed by atoms with Crippen LogP contribution in [0.1, 0.15) is 30.5 Å². The standard InChI is InChI=1S/C22H24N2O3S2/c1-14(2)29(26,27)18-8-6-17(7-9-18)12-21(25)24-22-23-20(13-28-22)19-10-5-15(3)11-16(19)4/h5-11,13-14H,12H2,1-4H3,(H,23,24,25). The molecule has 0 aliphatic rings. The SMILES string of the molecule is Cc1ccc(-c2csc(NC(=O)Cc3ccc(S(=O)(=O)C(C)C)cc3)n2)c(C)c1. The minimum atomic E-state index is -3.31. The van der Waals surface area contributed by atoms with Crippen molar-refractivity contribution in [2.24, 2.45) is 0 Å². The predicted octanol–water partition coefficient (Wildman–Crippen LogP) is 4.79. The average molecular weight is 429 g/mol. The predicted molar refractivity (Wildman–Crippen MR) is 118 cm³/mol. The van der Waals surface area contributed by atoms with Crippen LogP contribution in [0.5, 0.6) is 0 Å². The summed E-state index contributed by atoms with van der Waals surface area (Å²) in [5, 5.41) is 4.82. The van der Waals surface area contributed by atoms with Gasteiger partial charge in [0, 0.05) is 10.9 Å². The number of nitrogens with one attached hydrogen (secondary N) is 1. The zero-order valence-electron chi connectivity index (χ0n) is 16.9. The number of aryl methyl sites for hydroxylation is 2. The normalized spacial score (nSPS) is 11.6. The van der Waals surface area contributed by atoms with Gasteiger partial charge in [0.25, 0.3) is 0 Å². The molecule has 0 aliphatic carbocycles. The second-order valence-corrected chi connectivity index (χ2v) is 10.7. The topological polar surface area (TPSA) is 76.1 Å². The lowest BCUT2D eigenvalue weighted by Gasteiger charge is -2.08. The quantitative estimate of drug-likeness (QED) is 0.612. The summed E-state index contributed by atoms with van der Waals surface area (Å²) in [7, 11) is -3.31. The number of rotatable bonds is 6. The third kappa shape index (κ3) is 4.92. The molecular weight excluding hydrogens is 404 g/mol. The highest BCUT2D eigenvalue weighted by molar-refractivity contribution is 7.92. The van der Waals surface area contributed by atoms with Crippen LogP contribution in [0.25, 0.3) is 11.3 Å². The van der Waals surface area contributed by atoms with Crippen molar-refractivity contribution in [1.82, 2.24) is 4.98 Å². The van der Waals surface area contributed by atoms with Crippen LogP contribution in [0.15, 0.2) is 52.7 Å². The molecule has 0 atom stereocenters. The maximum atomic E-state index is 12.4. The molecule has 1 heterocycles. The molecular formula is C22H24N2O3S2. The van der Waals surface area contributed by atoms with Crippen molar-refractivity contribution in [3.05, 3.63) is 64.5 Å². The highest BCUT2D eigenvalue weighted by Crippen LogP contribution is 2.28. The van der Waals surface area contributed by atoms with Gasteiger partial charge in [-0.05, 0) is 51.0 Å². The van der Waals surface area contributed by atoms with Crippen molar-refractivity contribution in [3.8, 4) is 11.3 Å². The zero-order chi connectivity index (χ0) is 21.2. The Hall–Kier alpha value is -2.51. The Kier molecular flexibility index (Phi) is 6.19. The summed E-state index contributed by atoms with van der Waals surface area (Å²) in [5.41, 5.74) is 4.98. The minimum Gasteiger partial charge on any atom is -0.302 e. The van der Waals surface area contributed by atoms with E-state index in [0.29, 0.717) is 5.13 Å². The van der Waals surface area contributed by atoms with Crippen LogP contribution >= 0.6 is 11.3 Å². The molecule has 1 amide bonds. The molecule has 152 valence electrons. The lowest BCUT2D eigenvalue weighted by molar-refractivity contribution is -0.115. The Balaban J connectivity index is 1.66. The molecule has 1 N–H and O–H groups in total. The van der Waals surface area contributed by atoms with Gasteiger partial charge in [0.15, 0.2) is 15.0 Å². The largest absolute Gasteiger partial charge is 0.302 e. The van der Waals surface area contributed by atoms with Crippen LogP contribution in [0.3, 0.4) is 0 Å². The van der Waals surface area contributed by atoms with E-state index in [9.17, 15) is 13.2 Å². The first-order valence-electron chi connectivity index (χ1n) is 9.32. The van der Waals surface area contributed by atoms with Crippen LogP contribution in [0.2, 0.25) is 0 Å². The van der Waals surface area contributed by atoms with Crippen LogP contribution in [-0.4, -0.2) is 24.6 Å². The van der Waals surface area contributed by atoms with E-state index in [2.05, 4.69) is 16.4 Å². The molecule has 29 heavy (non-hydrogen) atoms. The van der Waals surface area contributed by atoms with Gasteiger partial charge < -0.3 is 5.32 Å². The summed E-state index contributed by atoms with van der Waals surface area (Å²) in [6, 6.07) is 12.7. The van der Waals surface area contributed by atoms with Crippen molar-refractivity contribution < 1.29 is 13.2 Å². The number of sulfone groups is 1. The van der Waals surface area contributed by atoms with E-state index in [1.165, 1.54) is 16.9 Å². The van der Waals surface area contributed by atoms with Crippen molar-refractivity contribution in [1.29, 1.82) is 0 Å². The zero-order valence-corrected chi connectivity index (χ0v) is 18.5. The number of carbonyl (C=O) groups excluding carboxylic acids is 1. The third-order valence-electron chi connectivity index (χ3n) is 4.65. The highest BCUT2D eigenvalue weighted by Gasteiger charge is 2.19. The summed E-state index contributed by atoms with van der Waals surface area (Å²) in [6.45, 7) is 7.39. The molecule has 0 radical (unpaired) electrons. The Labute approximate surface area is 175 Å². The number of carbonyl (C=O) groups is 1. The number of hydrogen-bond acceptors (Lipinski definition) is 5. The van der Waals surface area contributed by atoms with E-state index in [1.54, 1.807) is 38.1 Å². The molecule has 0 aliphatic heterocycles. The smallest absolute Gasteiger partial charge is 0.230 e. The fraction of sp³-hybridized carbons (Fsp3) is 0.273. The minimum absolute atomic E-state index is 0.153. The number of nitrogens with zero attached hydrogens (tertiary/aromatic N) is 1. The van der Waals surface area contributed by atoms with Gasteiger partial charge in [-0.25, -0.2) is 13.4 Å². The first-order chi connectivity index (χ1) is 13.7. The van der Waals surface area contributed by atoms with Gasteiger partial charge in [-0.3, -0.25) is 4.79 Å². The molecule has 3 rings (SSSR count). The van der Waals surface area contributed by atoms with Crippen molar-refractivity contribution in [2.75, 3.05) is 5.32 Å². The Bertz CT molecular complexity index is 1130. The molecule has 2 aromatic carbocycles. The van der Waals surface area contributed by atoms with Crippen LogP contribution in [0, 0.1) is 13.8 Å². The summed E-state index contributed by atoms with van der Waals surface area (Å²) in [6.07, 6.45) is 0.153. The van der Waals surface area contributed by atoms with Crippen molar-refractivity contribution >= 4 is 32.2 Å². The molecule has 0 unspecified atom stereocenters. The number of benzene rings is 2. The second kappa shape index (κ2) is 8.47. The lowest BCUT2D eigenvalue weighted by atomic mass is 10.0. The lowest BCUT2D eigenvalue weighted by Crippen LogP contribution is -2.15. The highest BCUT2D eigenvalue weighted by atomic mass is 32.2. The van der Waals surface area contributed by atoms with Gasteiger partial charge >= 0.3 is 0 Å². The molecule has 0 fully saturated rings. The first kappa shape index (κ1) is 21.2. The molecule has 1 aromatic heterocycles. The third-order valence-corrected chi connectivity index (χ3v) is 7.57. The van der Waals surface area contributed by atoms with Crippen LogP contribution in [0.4, 0.5) is 5.13 Å². The van der Waals surface area contributed by atoms with E-state index in [4.69, 9.17) is 0 Å². The molecule has 0 spiro atoms. The van der Waals surface area contributed by atoms with E-state index in [1.807, 2.05) is 31.4 Å². The maximum absolute atomic E-state index is 12.4. The van der Waals surface area contributed by atoms with Gasteiger partial charge in [0.1, 0.15) is 0 Å². The second-order valence-electron chi connectivity index (χ2n) is 7.32. The summed E-state index contributed by atoms with van der Waals surface area (Å²) in [4.78, 5) is 17.2. The van der Waals surface area contributed by atoms with Crippen molar-refractivity contribution in [2.45, 2.75) is 44.3 Å². The monoisotopic (exact) mass is 428 g/mol. The molecule has 5 nitrogen and oxygen atoms in total. The molecule has 3 aromatic rings. The van der Waals surface area contributed by atoms with Crippen LogP contribution < -0.4 is 5.32 Å². The number of amides is 1. The van der Waals surface area contributed by atoms with Gasteiger partial charge in [-0.1, -0.05) is 35.9 Å². The number of hydrogen-bond donors (Lipinski definition) is 1. The fourth-order valence-corrected chi connectivity index (χ4v) is 4.76. The van der Waals surface area contributed by atoms with Gasteiger partial charge in [0.05, 0.1) is 22.3 Å². The van der Waals surface area contributed by atoms with E-state index >= 15 is 0 Å². The molecule has 0 saturated carbocycles. The van der Waals surface area contributed by atoms with Crippen molar-refractivity contribution in [3.63, 3.8) is 0 Å². The maximum Gasteiger partial charge on any atom is 0.230 e. The van der Waals surface area contributed by atoms with Gasteiger partial charge in [0.2, 0.25) is 5.91 Å². The summed E-state index contributed by atoms with van der Waals surface area (Å²) < 4.78 is 24.4. The Morgan fingerprint density at radius 1 is 1.10 bits per heavy atom. The Morgan fingerprint density at radius 2 is 1.79 bits per heavy atom. The summed E-state index contributed by atoms with van der Waals surface area (Å²) in [5.74, 6) is -0.189. The average Bonchev–Trinajstić information content (AvgIpc) is 3.10. The Morgan fingerprint density at radius 3 is 2.41 bits per heavy atom. The summed E-state index contributed by atoms with van der Waals surface area (Å²) >= 11 is 1.38. The first-order valence-corrected chi connectivity index (χ1v) is 11.8. The van der Waals surface area contributed by atoms with Crippen LogP contribution in [-0.2, 0) is 21.1 Å². The van der Waals surface area contributed by atoms with Gasteiger partial charge in [-0.15, -0.1) is 11.3 Å². The number of thiazole rings is 1. The molecule has 0 bridgehead atoms. The molecule has 0 saturated heterocycles. The van der Waals surface area contributed by atoms with Gasteiger partial charge in [-0.2, -0.15) is 0 Å². The van der Waals surface area contributed by atoms with E-state index in [0.717, 1.165) is 22.4 Å². The van der Waals surface area contributed by atoms with E-state index < -0.39 is 15.1 Å². The van der Waals surface area contributed by atoms with E-state index in [-0.39, 0.29) is 17.2 Å².